The number of phenols is 1. The van der Waals surface area contributed by atoms with E-state index < -0.39 is 0 Å². The first-order valence-electron chi connectivity index (χ1n) is 6.02. The van der Waals surface area contributed by atoms with Crippen molar-refractivity contribution in [3.8, 4) is 11.5 Å². The summed E-state index contributed by atoms with van der Waals surface area (Å²) >= 11 is 0. The van der Waals surface area contributed by atoms with Crippen molar-refractivity contribution >= 4 is 0 Å². The number of aryl methyl sites for hydroxylation is 1. The topological polar surface area (TPSA) is 47.3 Å². The Kier molecular flexibility index (Phi) is 3.55. The minimum absolute atomic E-state index is 0.205. The summed E-state index contributed by atoms with van der Waals surface area (Å²) in [6.07, 6.45) is 1.85. The molecule has 0 bridgehead atoms. The molecular weight excluding hydrogens is 228 g/mol. The number of aromatic nitrogens is 2. The molecule has 1 aromatic heterocycles. The summed E-state index contributed by atoms with van der Waals surface area (Å²) < 4.78 is 7.78. The van der Waals surface area contributed by atoms with E-state index in [1.807, 2.05) is 19.2 Å². The maximum atomic E-state index is 9.36. The molecule has 0 aliphatic rings. The van der Waals surface area contributed by atoms with Crippen LogP contribution in [0.25, 0.3) is 0 Å². The van der Waals surface area contributed by atoms with Crippen LogP contribution in [-0.4, -0.2) is 14.7 Å². The molecule has 0 saturated carbocycles. The van der Waals surface area contributed by atoms with E-state index >= 15 is 0 Å². The van der Waals surface area contributed by atoms with E-state index in [0.29, 0.717) is 18.4 Å². The third-order valence-corrected chi connectivity index (χ3v) is 2.76. The number of hydrogen-bond donors (Lipinski definition) is 1. The average molecular weight is 246 g/mol. The van der Waals surface area contributed by atoms with Gasteiger partial charge in [0, 0.05) is 24.0 Å². The molecule has 4 nitrogen and oxygen atoms in total. The molecule has 0 unspecified atom stereocenters. The Morgan fingerprint density at radius 1 is 1.39 bits per heavy atom. The van der Waals surface area contributed by atoms with Crippen molar-refractivity contribution < 1.29 is 9.84 Å². The highest BCUT2D eigenvalue weighted by Crippen LogP contribution is 2.20. The molecule has 0 aliphatic carbocycles. The minimum atomic E-state index is 0.205. The minimum Gasteiger partial charge on any atom is -0.508 e. The van der Waals surface area contributed by atoms with Crippen molar-refractivity contribution in [3.63, 3.8) is 0 Å². The molecule has 0 spiro atoms. The third-order valence-electron chi connectivity index (χ3n) is 2.76. The van der Waals surface area contributed by atoms with Crippen LogP contribution in [0.5, 0.6) is 11.5 Å². The molecule has 1 aromatic carbocycles. The number of ether oxygens (including phenoxy) is 1. The van der Waals surface area contributed by atoms with E-state index in [1.54, 1.807) is 18.2 Å². The highest BCUT2D eigenvalue weighted by atomic mass is 16.5. The lowest BCUT2D eigenvalue weighted by Crippen LogP contribution is -2.10. The monoisotopic (exact) mass is 246 g/mol. The number of phenolic OH excluding ortho intramolecular Hbond substituents is 1. The Balaban J connectivity index is 2.11. The van der Waals surface area contributed by atoms with E-state index in [0.717, 1.165) is 11.5 Å². The maximum absolute atomic E-state index is 9.36. The van der Waals surface area contributed by atoms with Crippen LogP contribution in [0.15, 0.2) is 30.5 Å². The molecule has 0 radical (unpaired) electrons. The van der Waals surface area contributed by atoms with Gasteiger partial charge in [0.25, 0.3) is 0 Å². The number of nitrogens with zero attached hydrogens (tertiary/aromatic N) is 2. The summed E-state index contributed by atoms with van der Waals surface area (Å²) in [6.45, 7) is 6.67. The van der Waals surface area contributed by atoms with E-state index in [1.165, 1.54) is 0 Å². The lowest BCUT2D eigenvalue weighted by atomic mass is 10.3. The van der Waals surface area contributed by atoms with Crippen molar-refractivity contribution in [2.24, 2.45) is 0 Å². The van der Waals surface area contributed by atoms with Gasteiger partial charge < -0.3 is 14.4 Å². The SMILES string of the molecule is Cc1cnc(COc2cccc(O)c2)n1C(C)C. The van der Waals surface area contributed by atoms with E-state index in [9.17, 15) is 5.11 Å². The molecule has 0 amide bonds. The highest BCUT2D eigenvalue weighted by Gasteiger charge is 2.10. The van der Waals surface area contributed by atoms with Crippen LogP contribution in [0.2, 0.25) is 0 Å². The number of rotatable bonds is 4. The van der Waals surface area contributed by atoms with Crippen LogP contribution < -0.4 is 4.74 Å². The van der Waals surface area contributed by atoms with Gasteiger partial charge >= 0.3 is 0 Å². The van der Waals surface area contributed by atoms with Crippen LogP contribution >= 0.6 is 0 Å². The first-order chi connectivity index (χ1) is 8.58. The lowest BCUT2D eigenvalue weighted by Gasteiger charge is -2.14. The highest BCUT2D eigenvalue weighted by molar-refractivity contribution is 5.31. The standard InChI is InChI=1S/C14H18N2O2/c1-10(2)16-11(3)8-15-14(16)9-18-13-6-4-5-12(17)7-13/h4-8,10,17H,9H2,1-3H3. The Morgan fingerprint density at radius 3 is 2.83 bits per heavy atom. The van der Waals surface area contributed by atoms with E-state index in [2.05, 4.69) is 23.4 Å². The molecule has 0 aliphatic heterocycles. The van der Waals surface area contributed by atoms with Crippen molar-refractivity contribution in [1.29, 1.82) is 0 Å². The van der Waals surface area contributed by atoms with Crippen LogP contribution in [0, 0.1) is 6.92 Å². The zero-order valence-corrected chi connectivity index (χ0v) is 10.9. The molecule has 1 heterocycles. The maximum Gasteiger partial charge on any atom is 0.147 e. The van der Waals surface area contributed by atoms with Crippen LogP contribution in [0.1, 0.15) is 31.4 Å². The Hall–Kier alpha value is -1.97. The van der Waals surface area contributed by atoms with Gasteiger partial charge in [0.2, 0.25) is 0 Å². The molecule has 0 saturated heterocycles. The lowest BCUT2D eigenvalue weighted by molar-refractivity contribution is 0.284. The Bertz CT molecular complexity index is 532. The molecule has 1 N–H and O–H groups in total. The Morgan fingerprint density at radius 2 is 2.17 bits per heavy atom. The quantitative estimate of drug-likeness (QED) is 0.901. The van der Waals surface area contributed by atoms with Gasteiger partial charge in [-0.1, -0.05) is 6.07 Å². The summed E-state index contributed by atoms with van der Waals surface area (Å²) in [7, 11) is 0. The third kappa shape index (κ3) is 2.64. The first kappa shape index (κ1) is 12.5. The normalized spacial score (nSPS) is 10.9. The molecule has 96 valence electrons. The van der Waals surface area contributed by atoms with Crippen molar-refractivity contribution in [2.75, 3.05) is 0 Å². The predicted octanol–water partition coefficient (Wildman–Crippen LogP) is 3.06. The van der Waals surface area contributed by atoms with Crippen LogP contribution in [-0.2, 0) is 6.61 Å². The van der Waals surface area contributed by atoms with Gasteiger partial charge in [0.05, 0.1) is 0 Å². The summed E-state index contributed by atoms with van der Waals surface area (Å²) in [5.41, 5.74) is 1.12. The predicted molar refractivity (Wildman–Crippen MR) is 69.8 cm³/mol. The molecule has 0 fully saturated rings. The van der Waals surface area contributed by atoms with Gasteiger partial charge in [-0.25, -0.2) is 4.98 Å². The summed E-state index contributed by atoms with van der Waals surface area (Å²) in [5, 5.41) is 9.36. The number of benzene rings is 1. The van der Waals surface area contributed by atoms with Crippen molar-refractivity contribution in [2.45, 2.75) is 33.4 Å². The van der Waals surface area contributed by atoms with Crippen molar-refractivity contribution in [3.05, 3.63) is 42.0 Å². The second kappa shape index (κ2) is 5.12. The zero-order valence-electron chi connectivity index (χ0n) is 10.9. The molecule has 2 rings (SSSR count). The van der Waals surface area contributed by atoms with Gasteiger partial charge in [-0.05, 0) is 32.9 Å². The molecule has 4 heteroatoms. The van der Waals surface area contributed by atoms with Crippen LogP contribution in [0.4, 0.5) is 0 Å². The van der Waals surface area contributed by atoms with Gasteiger partial charge in [0.1, 0.15) is 23.9 Å². The van der Waals surface area contributed by atoms with E-state index in [4.69, 9.17) is 4.74 Å². The van der Waals surface area contributed by atoms with Gasteiger partial charge in [-0.2, -0.15) is 0 Å². The number of aromatic hydroxyl groups is 1. The number of hydrogen-bond acceptors (Lipinski definition) is 3. The fourth-order valence-electron chi connectivity index (χ4n) is 2.03. The molecule has 2 aromatic rings. The molecular formula is C14H18N2O2. The summed E-state index contributed by atoms with van der Waals surface area (Å²) in [5.74, 6) is 1.74. The molecule has 0 atom stereocenters. The van der Waals surface area contributed by atoms with Gasteiger partial charge in [0.15, 0.2) is 0 Å². The van der Waals surface area contributed by atoms with Gasteiger partial charge in [-0.3, -0.25) is 0 Å². The molecule has 18 heavy (non-hydrogen) atoms. The fraction of sp³-hybridized carbons (Fsp3) is 0.357. The average Bonchev–Trinajstić information content (AvgIpc) is 2.68. The number of imidazole rings is 1. The summed E-state index contributed by atoms with van der Waals surface area (Å²) in [4.78, 5) is 4.35. The van der Waals surface area contributed by atoms with E-state index in [-0.39, 0.29) is 5.75 Å². The van der Waals surface area contributed by atoms with Crippen LogP contribution in [0.3, 0.4) is 0 Å². The van der Waals surface area contributed by atoms with Crippen molar-refractivity contribution in [1.82, 2.24) is 9.55 Å². The first-order valence-corrected chi connectivity index (χ1v) is 6.02. The Labute approximate surface area is 107 Å². The zero-order chi connectivity index (χ0) is 13.1. The largest absolute Gasteiger partial charge is 0.508 e. The summed E-state index contributed by atoms with van der Waals surface area (Å²) in [6, 6.07) is 7.14. The fourth-order valence-corrected chi connectivity index (χ4v) is 2.03. The second-order valence-electron chi connectivity index (χ2n) is 4.57. The second-order valence-corrected chi connectivity index (χ2v) is 4.57. The van der Waals surface area contributed by atoms with Gasteiger partial charge in [-0.15, -0.1) is 0 Å². The smallest absolute Gasteiger partial charge is 0.147 e.